The van der Waals surface area contributed by atoms with Crippen molar-refractivity contribution in [3.05, 3.63) is 68.1 Å². The number of hydrogen-bond acceptors (Lipinski definition) is 8. The highest BCUT2D eigenvalue weighted by molar-refractivity contribution is 6.00. The summed E-state index contributed by atoms with van der Waals surface area (Å²) in [5, 5.41) is 28.2. The molecule has 1 aromatic carbocycles. The van der Waals surface area contributed by atoms with Crippen molar-refractivity contribution in [2.45, 2.75) is 26.3 Å². The first-order valence-electron chi connectivity index (χ1n) is 8.29. The van der Waals surface area contributed by atoms with Gasteiger partial charge in [0.2, 0.25) is 11.8 Å². The molecular formula is C17H17N5O7. The minimum atomic E-state index is -0.798. The number of nitrogens with zero attached hydrogens (tertiary/aromatic N) is 3. The second-order valence-electron chi connectivity index (χ2n) is 5.92. The molecule has 29 heavy (non-hydrogen) atoms. The summed E-state index contributed by atoms with van der Waals surface area (Å²) in [6.45, 7) is 1.75. The van der Waals surface area contributed by atoms with Gasteiger partial charge >= 0.3 is 0 Å². The smallest absolute Gasteiger partial charge is 0.279 e. The molecule has 2 amide bonds. The Morgan fingerprint density at radius 3 is 2.52 bits per heavy atom. The number of carbonyl (C=O) groups is 2. The van der Waals surface area contributed by atoms with Crippen LogP contribution in [0.4, 0.5) is 11.4 Å². The Balaban J connectivity index is 1.90. The Kier molecular flexibility index (Phi) is 7.12. The van der Waals surface area contributed by atoms with Gasteiger partial charge in [0.25, 0.3) is 11.4 Å². The maximum atomic E-state index is 12.0. The molecule has 0 atom stereocenters. The Bertz CT molecular complexity index is 953. The number of hydrogen-bond donors (Lipinski definition) is 2. The highest BCUT2D eigenvalue weighted by atomic mass is 16.6. The van der Waals surface area contributed by atoms with Crippen molar-refractivity contribution in [2.75, 3.05) is 0 Å². The van der Waals surface area contributed by atoms with Gasteiger partial charge in [-0.15, -0.1) is 0 Å². The number of benzene rings is 1. The summed E-state index contributed by atoms with van der Waals surface area (Å²) in [4.78, 5) is 44.1. The maximum Gasteiger partial charge on any atom is 0.279 e. The van der Waals surface area contributed by atoms with E-state index in [0.717, 1.165) is 18.2 Å². The van der Waals surface area contributed by atoms with E-state index in [1.165, 1.54) is 13.2 Å². The monoisotopic (exact) mass is 403 g/mol. The Morgan fingerprint density at radius 2 is 1.90 bits per heavy atom. The molecule has 0 aliphatic heterocycles. The molecule has 12 nitrogen and oxygen atoms in total. The molecule has 0 saturated carbocycles. The SMILES string of the molecule is CC(CC(=O)NCc1ccco1)=NNC(=O)Cc1ccc([N+](=O)[O-])cc1[N+](=O)[O-]. The van der Waals surface area contributed by atoms with Gasteiger partial charge in [-0.1, -0.05) is 0 Å². The standard InChI is InChI=1S/C17H17N5O7/c1-11(7-16(23)18-10-14-3-2-6-29-14)19-20-17(24)8-12-4-5-13(21(25)26)9-15(12)22(27)28/h2-6,9H,7-8,10H2,1H3,(H,18,23)(H,20,24). The van der Waals surface area contributed by atoms with E-state index in [9.17, 15) is 29.8 Å². The minimum Gasteiger partial charge on any atom is -0.467 e. The molecule has 0 saturated heterocycles. The third-order valence-corrected chi connectivity index (χ3v) is 3.66. The lowest BCUT2D eigenvalue weighted by atomic mass is 10.1. The highest BCUT2D eigenvalue weighted by Gasteiger charge is 2.21. The van der Waals surface area contributed by atoms with Crippen LogP contribution in [-0.4, -0.2) is 27.4 Å². The summed E-state index contributed by atoms with van der Waals surface area (Å²) in [5.41, 5.74) is 1.54. The molecule has 1 heterocycles. The third-order valence-electron chi connectivity index (χ3n) is 3.66. The van der Waals surface area contributed by atoms with Crippen LogP contribution in [0.3, 0.4) is 0 Å². The van der Waals surface area contributed by atoms with Crippen LogP contribution in [0.1, 0.15) is 24.7 Å². The molecule has 2 N–H and O–H groups in total. The van der Waals surface area contributed by atoms with Gasteiger partial charge in [0.05, 0.1) is 41.6 Å². The van der Waals surface area contributed by atoms with Crippen LogP contribution < -0.4 is 10.7 Å². The predicted octanol–water partition coefficient (Wildman–Crippen LogP) is 1.84. The van der Waals surface area contributed by atoms with E-state index in [4.69, 9.17) is 4.42 Å². The van der Waals surface area contributed by atoms with Crippen molar-refractivity contribution in [1.82, 2.24) is 10.7 Å². The van der Waals surface area contributed by atoms with Gasteiger partial charge in [-0.2, -0.15) is 5.10 Å². The number of hydrazone groups is 1. The fourth-order valence-corrected chi connectivity index (χ4v) is 2.29. The van der Waals surface area contributed by atoms with E-state index in [1.54, 1.807) is 12.1 Å². The molecule has 0 radical (unpaired) electrons. The van der Waals surface area contributed by atoms with Crippen LogP contribution in [0.15, 0.2) is 46.1 Å². The van der Waals surface area contributed by atoms with E-state index in [1.807, 2.05) is 0 Å². The van der Waals surface area contributed by atoms with Crippen LogP contribution in [0.2, 0.25) is 0 Å². The first-order valence-corrected chi connectivity index (χ1v) is 8.29. The number of nitro groups is 2. The van der Waals surface area contributed by atoms with Gasteiger partial charge in [0.15, 0.2) is 0 Å². The van der Waals surface area contributed by atoms with Gasteiger partial charge in [0, 0.05) is 17.3 Å². The summed E-state index contributed by atoms with van der Waals surface area (Å²) in [5.74, 6) is -0.411. The van der Waals surface area contributed by atoms with E-state index >= 15 is 0 Å². The molecule has 2 rings (SSSR count). The molecule has 2 aromatic rings. The lowest BCUT2D eigenvalue weighted by Crippen LogP contribution is -2.26. The number of amides is 2. The number of rotatable bonds is 9. The van der Waals surface area contributed by atoms with Crippen LogP contribution in [-0.2, 0) is 22.6 Å². The van der Waals surface area contributed by atoms with Crippen molar-refractivity contribution in [2.24, 2.45) is 5.10 Å². The van der Waals surface area contributed by atoms with Crippen LogP contribution in [0, 0.1) is 20.2 Å². The summed E-state index contributed by atoms with van der Waals surface area (Å²) in [6, 6.07) is 6.42. The topological polar surface area (TPSA) is 170 Å². The first-order chi connectivity index (χ1) is 13.8. The maximum absolute atomic E-state index is 12.0. The van der Waals surface area contributed by atoms with E-state index in [-0.39, 0.29) is 24.4 Å². The molecule has 152 valence electrons. The second kappa shape index (κ2) is 9.73. The number of nitrogens with one attached hydrogen (secondary N) is 2. The zero-order chi connectivity index (χ0) is 21.4. The van der Waals surface area contributed by atoms with Gasteiger partial charge in [-0.25, -0.2) is 5.43 Å². The molecule has 0 aliphatic carbocycles. The van der Waals surface area contributed by atoms with Crippen molar-refractivity contribution >= 4 is 28.9 Å². The fourth-order valence-electron chi connectivity index (χ4n) is 2.29. The molecule has 0 spiro atoms. The number of nitro benzene ring substituents is 2. The third kappa shape index (κ3) is 6.53. The average molecular weight is 403 g/mol. The van der Waals surface area contributed by atoms with E-state index < -0.39 is 33.5 Å². The molecule has 0 unspecified atom stereocenters. The molecule has 12 heteroatoms. The number of furan rings is 1. The predicted molar refractivity (Wildman–Crippen MR) is 99.9 cm³/mol. The van der Waals surface area contributed by atoms with Gasteiger partial charge in [-0.3, -0.25) is 29.8 Å². The lowest BCUT2D eigenvalue weighted by Gasteiger charge is -2.05. The molecule has 1 aromatic heterocycles. The van der Waals surface area contributed by atoms with Crippen LogP contribution in [0.5, 0.6) is 0 Å². The van der Waals surface area contributed by atoms with E-state index in [0.29, 0.717) is 11.5 Å². The Hall–Kier alpha value is -4.09. The highest BCUT2D eigenvalue weighted by Crippen LogP contribution is 2.24. The average Bonchev–Trinajstić information content (AvgIpc) is 3.18. The number of carbonyl (C=O) groups excluding carboxylic acids is 2. The number of non-ortho nitro benzene ring substituents is 1. The quantitative estimate of drug-likeness (QED) is 0.365. The molecule has 0 bridgehead atoms. The largest absolute Gasteiger partial charge is 0.467 e. The van der Waals surface area contributed by atoms with Crippen molar-refractivity contribution in [3.8, 4) is 0 Å². The van der Waals surface area contributed by atoms with Gasteiger partial charge < -0.3 is 9.73 Å². The van der Waals surface area contributed by atoms with Gasteiger partial charge in [0.1, 0.15) is 5.76 Å². The first kappa shape index (κ1) is 21.2. The summed E-state index contributed by atoms with van der Waals surface area (Å²) < 4.78 is 5.08. The normalized spacial score (nSPS) is 11.0. The fraction of sp³-hybridized carbons (Fsp3) is 0.235. The Labute approximate surface area is 163 Å². The van der Waals surface area contributed by atoms with Crippen LogP contribution >= 0.6 is 0 Å². The van der Waals surface area contributed by atoms with Crippen molar-refractivity contribution in [1.29, 1.82) is 0 Å². The van der Waals surface area contributed by atoms with Crippen LogP contribution in [0.25, 0.3) is 0 Å². The van der Waals surface area contributed by atoms with Crippen molar-refractivity contribution in [3.63, 3.8) is 0 Å². The summed E-state index contributed by atoms with van der Waals surface area (Å²) >= 11 is 0. The summed E-state index contributed by atoms with van der Waals surface area (Å²) in [7, 11) is 0. The minimum absolute atomic E-state index is 0.00199. The second-order valence-corrected chi connectivity index (χ2v) is 5.92. The van der Waals surface area contributed by atoms with E-state index in [2.05, 4.69) is 15.8 Å². The molecule has 0 aliphatic rings. The molecular weight excluding hydrogens is 386 g/mol. The lowest BCUT2D eigenvalue weighted by molar-refractivity contribution is -0.394. The van der Waals surface area contributed by atoms with Gasteiger partial charge in [-0.05, 0) is 25.1 Å². The zero-order valence-corrected chi connectivity index (χ0v) is 15.3. The zero-order valence-electron chi connectivity index (χ0n) is 15.3. The summed E-state index contributed by atoms with van der Waals surface area (Å²) in [6.07, 6.45) is 1.01. The molecule has 0 fully saturated rings. The van der Waals surface area contributed by atoms with Crippen molar-refractivity contribution < 1.29 is 23.9 Å². The Morgan fingerprint density at radius 1 is 1.14 bits per heavy atom.